The van der Waals surface area contributed by atoms with E-state index in [-0.39, 0.29) is 5.91 Å². The van der Waals surface area contributed by atoms with E-state index in [1.165, 1.54) is 6.21 Å². The number of carbonyl (C=O) groups is 2. The number of carbonyl (C=O) groups excluding carboxylic acids is 1. The minimum atomic E-state index is -1.07. The Hall–Kier alpha value is -2.62. The molecule has 0 saturated heterocycles. The fraction of sp³-hybridized carbons (Fsp3) is 0.167. The van der Waals surface area contributed by atoms with Crippen molar-refractivity contribution in [1.82, 2.24) is 5.43 Å². The Morgan fingerprint density at radius 2 is 2.00 bits per heavy atom. The highest BCUT2D eigenvalue weighted by molar-refractivity contribution is 14.1. The number of halogens is 1. The van der Waals surface area contributed by atoms with Gasteiger partial charge in [-0.1, -0.05) is 6.07 Å². The lowest BCUT2D eigenvalue weighted by molar-refractivity contribution is -0.139. The number of hydrogen-bond acceptors (Lipinski definition) is 5. The Kier molecular flexibility index (Phi) is 7.39. The maximum absolute atomic E-state index is 12.0. The van der Waals surface area contributed by atoms with Crippen LogP contribution in [0, 0.1) is 3.57 Å². The molecule has 2 rings (SSSR count). The number of hydrogen-bond donors (Lipinski definition) is 2. The maximum Gasteiger partial charge on any atom is 0.341 e. The predicted molar refractivity (Wildman–Crippen MR) is 105 cm³/mol. The van der Waals surface area contributed by atoms with Gasteiger partial charge < -0.3 is 14.6 Å². The van der Waals surface area contributed by atoms with E-state index in [1.807, 2.05) is 13.0 Å². The van der Waals surface area contributed by atoms with Gasteiger partial charge in [0.05, 0.1) is 12.8 Å². The number of nitrogens with zero attached hydrogens (tertiary/aromatic N) is 1. The van der Waals surface area contributed by atoms with Gasteiger partial charge in [0.15, 0.2) is 18.1 Å². The van der Waals surface area contributed by atoms with Crippen molar-refractivity contribution in [2.45, 2.75) is 6.92 Å². The smallest absolute Gasteiger partial charge is 0.341 e. The van der Waals surface area contributed by atoms with Crippen LogP contribution >= 0.6 is 22.6 Å². The van der Waals surface area contributed by atoms with Crippen LogP contribution in [0.3, 0.4) is 0 Å². The van der Waals surface area contributed by atoms with Crippen LogP contribution in [0.5, 0.6) is 11.5 Å². The monoisotopic (exact) mass is 468 g/mol. The molecule has 0 aliphatic carbocycles. The average molecular weight is 468 g/mol. The van der Waals surface area contributed by atoms with Gasteiger partial charge in [0.1, 0.15) is 0 Å². The molecule has 2 N–H and O–H groups in total. The van der Waals surface area contributed by atoms with Gasteiger partial charge >= 0.3 is 5.97 Å². The molecule has 0 aliphatic rings. The molecule has 0 fully saturated rings. The van der Waals surface area contributed by atoms with E-state index in [9.17, 15) is 9.59 Å². The van der Waals surface area contributed by atoms with E-state index in [2.05, 4.69) is 33.1 Å². The standard InChI is InChI=1S/C18H17IN2O5/c1-2-25-16-8-12(6-7-15(16)26-11-17(22)23)10-20-21-18(24)13-4-3-5-14(19)9-13/h3-10H,2,11H2,1H3,(H,21,24)(H,22,23)/b20-10-. The van der Waals surface area contributed by atoms with Gasteiger partial charge in [-0.25, -0.2) is 10.2 Å². The molecule has 26 heavy (non-hydrogen) atoms. The molecule has 8 heteroatoms. The summed E-state index contributed by atoms with van der Waals surface area (Å²) in [4.78, 5) is 22.7. The van der Waals surface area contributed by atoms with Crippen LogP contribution in [0.4, 0.5) is 0 Å². The predicted octanol–water partition coefficient (Wildman–Crippen LogP) is 2.92. The van der Waals surface area contributed by atoms with Crippen molar-refractivity contribution < 1.29 is 24.2 Å². The number of nitrogens with one attached hydrogen (secondary N) is 1. The topological polar surface area (TPSA) is 97.2 Å². The first-order valence-corrected chi connectivity index (χ1v) is 8.78. The van der Waals surface area contributed by atoms with Gasteiger partial charge in [0, 0.05) is 9.13 Å². The lowest BCUT2D eigenvalue weighted by Gasteiger charge is -2.11. The maximum atomic E-state index is 12.0. The van der Waals surface area contributed by atoms with E-state index in [0.717, 1.165) is 3.57 Å². The van der Waals surface area contributed by atoms with Crippen molar-refractivity contribution >= 4 is 40.7 Å². The Labute approximate surface area is 164 Å². The molecule has 1 amide bonds. The quantitative estimate of drug-likeness (QED) is 0.353. The van der Waals surface area contributed by atoms with E-state index >= 15 is 0 Å². The molecule has 0 aliphatic heterocycles. The summed E-state index contributed by atoms with van der Waals surface area (Å²) in [5.74, 6) is -0.654. The van der Waals surface area contributed by atoms with Crippen LogP contribution in [0.2, 0.25) is 0 Å². The first kappa shape index (κ1) is 19.7. The zero-order valence-corrected chi connectivity index (χ0v) is 16.1. The van der Waals surface area contributed by atoms with Crippen molar-refractivity contribution in [1.29, 1.82) is 0 Å². The number of benzene rings is 2. The summed E-state index contributed by atoms with van der Waals surface area (Å²) < 4.78 is 11.6. The summed E-state index contributed by atoms with van der Waals surface area (Å²) in [7, 11) is 0. The van der Waals surface area contributed by atoms with Crippen LogP contribution in [0.1, 0.15) is 22.8 Å². The third-order valence-corrected chi connectivity index (χ3v) is 3.76. The van der Waals surface area contributed by atoms with Crippen LogP contribution < -0.4 is 14.9 Å². The molecule has 136 valence electrons. The highest BCUT2D eigenvalue weighted by Gasteiger charge is 2.08. The van der Waals surface area contributed by atoms with Gasteiger partial charge in [0.2, 0.25) is 0 Å². The Balaban J connectivity index is 2.05. The largest absolute Gasteiger partial charge is 0.490 e. The lowest BCUT2D eigenvalue weighted by atomic mass is 10.2. The normalized spacial score (nSPS) is 10.5. The minimum Gasteiger partial charge on any atom is -0.490 e. The second-order valence-electron chi connectivity index (χ2n) is 5.03. The van der Waals surface area contributed by atoms with E-state index < -0.39 is 12.6 Å². The molecule has 0 aromatic heterocycles. The van der Waals surface area contributed by atoms with Crippen molar-refractivity contribution in [3.63, 3.8) is 0 Å². The Morgan fingerprint density at radius 3 is 2.69 bits per heavy atom. The van der Waals surface area contributed by atoms with Crippen molar-refractivity contribution in [3.05, 3.63) is 57.2 Å². The number of hydrazone groups is 1. The SMILES string of the molecule is CCOc1cc(/C=N\NC(=O)c2cccc(I)c2)ccc1OCC(=O)O. The van der Waals surface area contributed by atoms with Crippen molar-refractivity contribution in [2.75, 3.05) is 13.2 Å². The molecule has 0 bridgehead atoms. The van der Waals surface area contributed by atoms with Gasteiger partial charge in [-0.05, 0) is 71.5 Å². The number of amides is 1. The minimum absolute atomic E-state index is 0.314. The Morgan fingerprint density at radius 1 is 1.19 bits per heavy atom. The lowest BCUT2D eigenvalue weighted by Crippen LogP contribution is -2.17. The van der Waals surface area contributed by atoms with Gasteiger partial charge in [-0.3, -0.25) is 4.79 Å². The molecule has 7 nitrogen and oxygen atoms in total. The summed E-state index contributed by atoms with van der Waals surface area (Å²) >= 11 is 2.13. The molecule has 0 saturated carbocycles. The second kappa shape index (κ2) is 9.76. The molecule has 0 radical (unpaired) electrons. The fourth-order valence-electron chi connectivity index (χ4n) is 1.99. The van der Waals surface area contributed by atoms with Crippen LogP contribution in [-0.4, -0.2) is 36.4 Å². The highest BCUT2D eigenvalue weighted by atomic mass is 127. The summed E-state index contributed by atoms with van der Waals surface area (Å²) in [6.07, 6.45) is 1.47. The van der Waals surface area contributed by atoms with Gasteiger partial charge in [-0.2, -0.15) is 5.10 Å². The average Bonchev–Trinajstić information content (AvgIpc) is 2.61. The number of ether oxygens (including phenoxy) is 2. The van der Waals surface area contributed by atoms with Crippen LogP contribution in [0.25, 0.3) is 0 Å². The zero-order chi connectivity index (χ0) is 18.9. The van der Waals surface area contributed by atoms with Crippen molar-refractivity contribution in [3.8, 4) is 11.5 Å². The van der Waals surface area contributed by atoms with E-state index in [4.69, 9.17) is 14.6 Å². The zero-order valence-electron chi connectivity index (χ0n) is 13.9. The molecule has 0 atom stereocenters. The van der Waals surface area contributed by atoms with Crippen LogP contribution in [0.15, 0.2) is 47.6 Å². The molecular weight excluding hydrogens is 451 g/mol. The number of aliphatic carboxylic acids is 1. The van der Waals surface area contributed by atoms with Gasteiger partial charge in [0.25, 0.3) is 5.91 Å². The first-order chi connectivity index (χ1) is 12.5. The number of carboxylic acids is 1. The summed E-state index contributed by atoms with van der Waals surface area (Å²) in [6.45, 7) is 1.75. The third-order valence-electron chi connectivity index (χ3n) is 3.09. The molecule has 0 unspecified atom stereocenters. The first-order valence-electron chi connectivity index (χ1n) is 7.70. The summed E-state index contributed by atoms with van der Waals surface area (Å²) in [5.41, 5.74) is 3.64. The number of carboxylic acid groups (broad SMARTS) is 1. The van der Waals surface area contributed by atoms with Gasteiger partial charge in [-0.15, -0.1) is 0 Å². The van der Waals surface area contributed by atoms with Crippen LogP contribution in [-0.2, 0) is 4.79 Å². The molecule has 0 spiro atoms. The number of rotatable bonds is 8. The molecular formula is C18H17IN2O5. The van der Waals surface area contributed by atoms with E-state index in [1.54, 1.807) is 36.4 Å². The molecule has 2 aromatic carbocycles. The third kappa shape index (κ3) is 6.03. The van der Waals surface area contributed by atoms with E-state index in [0.29, 0.717) is 29.2 Å². The molecule has 2 aromatic rings. The van der Waals surface area contributed by atoms with Crippen molar-refractivity contribution in [2.24, 2.45) is 5.10 Å². The Bertz CT molecular complexity index is 823. The summed E-state index contributed by atoms with van der Waals surface area (Å²) in [6, 6.07) is 12.1. The highest BCUT2D eigenvalue weighted by Crippen LogP contribution is 2.28. The fourth-order valence-corrected chi connectivity index (χ4v) is 2.53. The summed E-state index contributed by atoms with van der Waals surface area (Å²) in [5, 5.41) is 12.6. The molecule has 0 heterocycles. The second-order valence-corrected chi connectivity index (χ2v) is 6.28.